The fourth-order valence-electron chi connectivity index (χ4n) is 4.27. The van der Waals surface area contributed by atoms with E-state index in [1.54, 1.807) is 6.08 Å². The van der Waals surface area contributed by atoms with E-state index in [1.807, 2.05) is 18.2 Å². The summed E-state index contributed by atoms with van der Waals surface area (Å²) in [5, 5.41) is 3.75. The van der Waals surface area contributed by atoms with Gasteiger partial charge in [0.2, 0.25) is 5.91 Å². The predicted molar refractivity (Wildman–Crippen MR) is 112 cm³/mol. The van der Waals surface area contributed by atoms with Crippen LogP contribution in [-0.2, 0) is 11.2 Å². The van der Waals surface area contributed by atoms with E-state index in [4.69, 9.17) is 11.6 Å². The molecule has 0 aliphatic carbocycles. The minimum Gasteiger partial charge on any atom is -0.368 e. The molecule has 2 aromatic carbocycles. The zero-order chi connectivity index (χ0) is 18.8. The topological polar surface area (TPSA) is 35.6 Å². The van der Waals surface area contributed by atoms with Crippen molar-refractivity contribution >= 4 is 28.9 Å². The van der Waals surface area contributed by atoms with Crippen LogP contribution < -0.4 is 15.1 Å². The van der Waals surface area contributed by atoms with Crippen molar-refractivity contribution in [2.45, 2.75) is 12.5 Å². The molecular formula is C22H24ClN3O. The van der Waals surface area contributed by atoms with Crippen molar-refractivity contribution in [2.24, 2.45) is 5.92 Å². The number of anilines is 2. The number of piperazine rings is 1. The van der Waals surface area contributed by atoms with Gasteiger partial charge >= 0.3 is 0 Å². The van der Waals surface area contributed by atoms with Crippen molar-refractivity contribution in [3.63, 3.8) is 0 Å². The molecule has 140 valence electrons. The number of nitrogens with zero attached hydrogens (tertiary/aromatic N) is 2. The Kier molecular flexibility index (Phi) is 5.08. The lowest BCUT2D eigenvalue weighted by Gasteiger charge is -2.49. The molecule has 27 heavy (non-hydrogen) atoms. The van der Waals surface area contributed by atoms with Crippen LogP contribution in [0.1, 0.15) is 5.56 Å². The van der Waals surface area contributed by atoms with Gasteiger partial charge < -0.3 is 15.1 Å². The van der Waals surface area contributed by atoms with E-state index in [-0.39, 0.29) is 17.9 Å². The maximum Gasteiger partial charge on any atom is 0.225 e. The van der Waals surface area contributed by atoms with E-state index in [2.05, 4.69) is 52.0 Å². The highest BCUT2D eigenvalue weighted by molar-refractivity contribution is 6.30. The van der Waals surface area contributed by atoms with E-state index < -0.39 is 0 Å². The monoisotopic (exact) mass is 381 g/mol. The van der Waals surface area contributed by atoms with Crippen molar-refractivity contribution in [1.82, 2.24) is 5.32 Å². The van der Waals surface area contributed by atoms with Gasteiger partial charge in [0, 0.05) is 42.6 Å². The van der Waals surface area contributed by atoms with Crippen LogP contribution in [0.3, 0.4) is 0 Å². The summed E-state index contributed by atoms with van der Waals surface area (Å²) in [6.45, 7) is 6.81. The highest BCUT2D eigenvalue weighted by atomic mass is 35.5. The molecule has 0 radical (unpaired) electrons. The highest BCUT2D eigenvalue weighted by Crippen LogP contribution is 2.37. The number of nitrogens with one attached hydrogen (secondary N) is 1. The SMILES string of the molecule is C=CCNC(=O)C1Cc2ccccc2N2CCN(c3cccc(Cl)c3)CC12. The van der Waals surface area contributed by atoms with E-state index >= 15 is 0 Å². The number of hydrogen-bond donors (Lipinski definition) is 1. The molecular weight excluding hydrogens is 358 g/mol. The standard InChI is InChI=1S/C22H24ClN3O/c1-2-10-24-22(27)19-13-16-6-3-4-9-20(16)26-12-11-25(15-21(19)26)18-8-5-7-17(23)14-18/h2-9,14,19,21H,1,10-13,15H2,(H,24,27). The third-order valence-electron chi connectivity index (χ3n) is 5.55. The molecule has 0 aromatic heterocycles. The van der Waals surface area contributed by atoms with Gasteiger partial charge in [-0.05, 0) is 36.2 Å². The summed E-state index contributed by atoms with van der Waals surface area (Å²) < 4.78 is 0. The van der Waals surface area contributed by atoms with E-state index in [0.717, 1.165) is 36.8 Å². The number of para-hydroxylation sites is 1. The first kappa shape index (κ1) is 17.9. The molecule has 1 N–H and O–H groups in total. The summed E-state index contributed by atoms with van der Waals surface area (Å²) in [5.41, 5.74) is 3.64. The van der Waals surface area contributed by atoms with Gasteiger partial charge in [-0.15, -0.1) is 6.58 Å². The molecule has 5 heteroatoms. The number of hydrogen-bond acceptors (Lipinski definition) is 3. The smallest absolute Gasteiger partial charge is 0.225 e. The number of amides is 1. The molecule has 1 fully saturated rings. The average Bonchev–Trinajstić information content (AvgIpc) is 2.71. The molecule has 2 unspecified atom stereocenters. The van der Waals surface area contributed by atoms with Crippen molar-refractivity contribution in [3.05, 3.63) is 71.8 Å². The van der Waals surface area contributed by atoms with Crippen molar-refractivity contribution < 1.29 is 4.79 Å². The minimum atomic E-state index is -0.0816. The Balaban J connectivity index is 1.64. The second-order valence-electron chi connectivity index (χ2n) is 7.16. The molecule has 2 heterocycles. The molecule has 4 nitrogen and oxygen atoms in total. The quantitative estimate of drug-likeness (QED) is 0.823. The summed E-state index contributed by atoms with van der Waals surface area (Å²) in [6, 6.07) is 16.6. The van der Waals surface area contributed by atoms with Crippen LogP contribution in [0, 0.1) is 5.92 Å². The number of halogens is 1. The maximum absolute atomic E-state index is 12.9. The summed E-state index contributed by atoms with van der Waals surface area (Å²) in [4.78, 5) is 17.7. The average molecular weight is 382 g/mol. The Bertz CT molecular complexity index is 853. The van der Waals surface area contributed by atoms with Gasteiger partial charge in [-0.2, -0.15) is 0 Å². The zero-order valence-electron chi connectivity index (χ0n) is 15.3. The Labute approximate surface area is 165 Å². The largest absolute Gasteiger partial charge is 0.368 e. The third-order valence-corrected chi connectivity index (χ3v) is 5.79. The van der Waals surface area contributed by atoms with Gasteiger partial charge in [0.15, 0.2) is 0 Å². The van der Waals surface area contributed by atoms with Crippen LogP contribution in [0.25, 0.3) is 0 Å². The molecule has 0 bridgehead atoms. The Morgan fingerprint density at radius 3 is 2.89 bits per heavy atom. The molecule has 2 aliphatic heterocycles. The molecule has 0 spiro atoms. The second-order valence-corrected chi connectivity index (χ2v) is 7.60. The van der Waals surface area contributed by atoms with Crippen LogP contribution >= 0.6 is 11.6 Å². The van der Waals surface area contributed by atoms with Crippen molar-refractivity contribution in [2.75, 3.05) is 36.0 Å². The second kappa shape index (κ2) is 7.65. The van der Waals surface area contributed by atoms with Crippen molar-refractivity contribution in [3.8, 4) is 0 Å². The summed E-state index contributed by atoms with van der Waals surface area (Å²) in [5.74, 6) is 0.0224. The van der Waals surface area contributed by atoms with Gasteiger partial charge in [-0.3, -0.25) is 4.79 Å². The van der Waals surface area contributed by atoms with Crippen LogP contribution in [0.4, 0.5) is 11.4 Å². The molecule has 1 saturated heterocycles. The van der Waals surface area contributed by atoms with Gasteiger partial charge in [0.05, 0.1) is 12.0 Å². The lowest BCUT2D eigenvalue weighted by molar-refractivity contribution is -0.125. The fraction of sp³-hybridized carbons (Fsp3) is 0.318. The van der Waals surface area contributed by atoms with E-state index in [9.17, 15) is 4.79 Å². The third kappa shape index (κ3) is 3.54. The van der Waals surface area contributed by atoms with Crippen LogP contribution in [0.2, 0.25) is 5.02 Å². The number of carbonyl (C=O) groups excluding carboxylic acids is 1. The van der Waals surface area contributed by atoms with Crippen LogP contribution in [-0.4, -0.2) is 38.1 Å². The molecule has 4 rings (SSSR count). The minimum absolute atomic E-state index is 0.0816. The molecule has 2 aromatic rings. The van der Waals surface area contributed by atoms with Crippen LogP contribution in [0.15, 0.2) is 61.2 Å². The number of benzene rings is 2. The van der Waals surface area contributed by atoms with Gasteiger partial charge in [0.1, 0.15) is 0 Å². The van der Waals surface area contributed by atoms with Gasteiger partial charge in [-0.1, -0.05) is 41.9 Å². The maximum atomic E-state index is 12.9. The van der Waals surface area contributed by atoms with Gasteiger partial charge in [0.25, 0.3) is 0 Å². The fourth-order valence-corrected chi connectivity index (χ4v) is 4.45. The molecule has 0 saturated carbocycles. The predicted octanol–water partition coefficient (Wildman–Crippen LogP) is 3.51. The number of fused-ring (bicyclic) bond motifs is 3. The first-order valence-corrected chi connectivity index (χ1v) is 9.79. The Morgan fingerprint density at radius 1 is 1.22 bits per heavy atom. The molecule has 1 amide bonds. The summed E-state index contributed by atoms with van der Waals surface area (Å²) in [7, 11) is 0. The number of carbonyl (C=O) groups is 1. The van der Waals surface area contributed by atoms with Crippen molar-refractivity contribution in [1.29, 1.82) is 0 Å². The normalized spacial score (nSPS) is 21.2. The Hall–Kier alpha value is -2.46. The first-order valence-electron chi connectivity index (χ1n) is 9.41. The van der Waals surface area contributed by atoms with Gasteiger partial charge in [-0.25, -0.2) is 0 Å². The molecule has 2 atom stereocenters. The lowest BCUT2D eigenvalue weighted by Crippen LogP contribution is -2.61. The first-order chi connectivity index (χ1) is 13.2. The van der Waals surface area contributed by atoms with E-state index in [1.165, 1.54) is 11.3 Å². The summed E-state index contributed by atoms with van der Waals surface area (Å²) >= 11 is 6.19. The number of rotatable bonds is 4. The van der Waals surface area contributed by atoms with E-state index in [0.29, 0.717) is 6.54 Å². The summed E-state index contributed by atoms with van der Waals surface area (Å²) in [6.07, 6.45) is 2.50. The lowest BCUT2D eigenvalue weighted by atomic mass is 9.83. The molecule has 2 aliphatic rings. The zero-order valence-corrected chi connectivity index (χ0v) is 16.0. The highest BCUT2D eigenvalue weighted by Gasteiger charge is 2.41. The Morgan fingerprint density at radius 2 is 2.07 bits per heavy atom. The van der Waals surface area contributed by atoms with Crippen LogP contribution in [0.5, 0.6) is 0 Å².